The maximum Gasteiger partial charge on any atom is 0.186 e. The average molecular weight is 344 g/mol. The number of ether oxygens (including phenoxy) is 2. The molecule has 1 fully saturated rings. The highest BCUT2D eigenvalue weighted by atomic mass is 16.7. The first-order valence-electron chi connectivity index (χ1n) is 6.99. The van der Waals surface area contributed by atoms with E-state index in [1.165, 1.54) is 0 Å². The minimum atomic E-state index is -1.86. The van der Waals surface area contributed by atoms with Crippen molar-refractivity contribution in [1.29, 1.82) is 0 Å². The molecule has 1 heterocycles. The zero-order valence-electron chi connectivity index (χ0n) is 12.2. The first-order chi connectivity index (χ1) is 10.7. The molecule has 0 aromatic heterocycles. The Morgan fingerprint density at radius 2 is 1.39 bits per heavy atom. The van der Waals surface area contributed by atoms with Crippen LogP contribution in [0.1, 0.15) is 0 Å². The normalized spacial score (nSPS) is 37.2. The fraction of sp³-hybridized carbons (Fsp3) is 1.00. The largest absolute Gasteiger partial charge is 0.394 e. The Hall–Kier alpha value is -0.440. The molecular weight excluding hydrogens is 320 g/mol. The van der Waals surface area contributed by atoms with Crippen molar-refractivity contribution < 1.29 is 55.4 Å². The van der Waals surface area contributed by atoms with Crippen molar-refractivity contribution in [3.05, 3.63) is 0 Å². The SMILES string of the molecule is OC[C@@H]1O[C@@H](OC[C@H](O)[C@H](O)[C@@H](O)[C@@H](O)CO)[C@@H](O)[C@H](O)[C@H]1O. The fourth-order valence-corrected chi connectivity index (χ4v) is 2.06. The standard InChI is InChI=1S/C12H24O11/c13-1-4(15)7(17)8(18)5(16)3-22-12-11(21)10(20)9(19)6(2-14)23-12/h4-21H,1-3H2/t4-,5-,6-,7-,8-,9-,10+,11-,12+/m0/s1. The van der Waals surface area contributed by atoms with Crippen LogP contribution >= 0.6 is 0 Å². The van der Waals surface area contributed by atoms with E-state index in [1.807, 2.05) is 0 Å². The lowest BCUT2D eigenvalue weighted by Crippen LogP contribution is -2.59. The van der Waals surface area contributed by atoms with Gasteiger partial charge in [0.1, 0.15) is 48.8 Å². The molecule has 1 rings (SSSR count). The van der Waals surface area contributed by atoms with Crippen molar-refractivity contribution in [2.75, 3.05) is 19.8 Å². The molecule has 0 aromatic carbocycles. The molecule has 0 unspecified atom stereocenters. The van der Waals surface area contributed by atoms with Crippen molar-refractivity contribution in [1.82, 2.24) is 0 Å². The van der Waals surface area contributed by atoms with Crippen molar-refractivity contribution in [2.24, 2.45) is 0 Å². The quantitative estimate of drug-likeness (QED) is 0.203. The van der Waals surface area contributed by atoms with Crippen molar-refractivity contribution in [2.45, 2.75) is 55.1 Å². The highest BCUT2D eigenvalue weighted by molar-refractivity contribution is 4.89. The number of aliphatic hydroxyl groups is 9. The second-order valence-corrected chi connectivity index (χ2v) is 5.33. The summed E-state index contributed by atoms with van der Waals surface area (Å²) in [5.41, 5.74) is 0. The summed E-state index contributed by atoms with van der Waals surface area (Å²) in [6.45, 7) is -2.16. The van der Waals surface area contributed by atoms with Crippen LogP contribution in [-0.4, -0.2) is 121 Å². The van der Waals surface area contributed by atoms with Gasteiger partial charge >= 0.3 is 0 Å². The lowest BCUT2D eigenvalue weighted by Gasteiger charge is -2.40. The van der Waals surface area contributed by atoms with Crippen LogP contribution in [0, 0.1) is 0 Å². The van der Waals surface area contributed by atoms with E-state index in [2.05, 4.69) is 0 Å². The summed E-state index contributed by atoms with van der Waals surface area (Å²) in [5.74, 6) is 0. The van der Waals surface area contributed by atoms with Crippen LogP contribution in [0.15, 0.2) is 0 Å². The van der Waals surface area contributed by atoms with Gasteiger partial charge < -0.3 is 55.4 Å². The van der Waals surface area contributed by atoms with E-state index in [4.69, 9.17) is 19.7 Å². The van der Waals surface area contributed by atoms with Gasteiger partial charge in [-0.25, -0.2) is 0 Å². The predicted molar refractivity (Wildman–Crippen MR) is 70.8 cm³/mol. The molecule has 0 radical (unpaired) electrons. The second kappa shape index (κ2) is 9.15. The summed E-state index contributed by atoms with van der Waals surface area (Å²) >= 11 is 0. The van der Waals surface area contributed by atoms with Crippen molar-refractivity contribution in [3.8, 4) is 0 Å². The Morgan fingerprint density at radius 1 is 0.826 bits per heavy atom. The first kappa shape index (κ1) is 20.6. The van der Waals surface area contributed by atoms with Crippen LogP contribution in [0.3, 0.4) is 0 Å². The molecule has 0 bridgehead atoms. The Morgan fingerprint density at radius 3 is 1.91 bits per heavy atom. The fourth-order valence-electron chi connectivity index (χ4n) is 2.06. The van der Waals surface area contributed by atoms with Crippen LogP contribution in [0.2, 0.25) is 0 Å². The van der Waals surface area contributed by atoms with Gasteiger partial charge in [0.15, 0.2) is 6.29 Å². The molecule has 11 nitrogen and oxygen atoms in total. The average Bonchev–Trinajstić information content (AvgIpc) is 2.56. The van der Waals surface area contributed by atoms with Crippen LogP contribution in [0.4, 0.5) is 0 Å². The van der Waals surface area contributed by atoms with Gasteiger partial charge in [0.2, 0.25) is 0 Å². The van der Waals surface area contributed by atoms with Crippen molar-refractivity contribution >= 4 is 0 Å². The zero-order valence-corrected chi connectivity index (χ0v) is 12.2. The monoisotopic (exact) mass is 344 g/mol. The van der Waals surface area contributed by atoms with Gasteiger partial charge in [-0.3, -0.25) is 0 Å². The number of aliphatic hydroxyl groups excluding tert-OH is 9. The molecule has 9 N–H and O–H groups in total. The zero-order chi connectivity index (χ0) is 17.7. The number of rotatable bonds is 8. The Balaban J connectivity index is 2.55. The topological polar surface area (TPSA) is 201 Å². The van der Waals surface area contributed by atoms with Gasteiger partial charge in [-0.1, -0.05) is 0 Å². The smallest absolute Gasteiger partial charge is 0.186 e. The van der Waals surface area contributed by atoms with Gasteiger partial charge in [0, 0.05) is 0 Å². The number of hydrogen-bond acceptors (Lipinski definition) is 11. The van der Waals surface area contributed by atoms with Crippen LogP contribution in [0.25, 0.3) is 0 Å². The minimum Gasteiger partial charge on any atom is -0.394 e. The van der Waals surface area contributed by atoms with E-state index in [1.54, 1.807) is 0 Å². The summed E-state index contributed by atoms with van der Waals surface area (Å²) < 4.78 is 9.99. The predicted octanol–water partition coefficient (Wildman–Crippen LogP) is -5.76. The molecule has 9 atom stereocenters. The summed E-state index contributed by atoms with van der Waals surface area (Å²) in [6, 6.07) is 0. The first-order valence-corrected chi connectivity index (χ1v) is 6.99. The molecule has 0 aromatic rings. The molecule has 1 saturated heterocycles. The molecule has 11 heteroatoms. The van der Waals surface area contributed by atoms with Gasteiger partial charge in [-0.2, -0.15) is 0 Å². The summed E-state index contributed by atoms with van der Waals surface area (Å²) in [7, 11) is 0. The molecule has 0 saturated carbocycles. The number of hydrogen-bond donors (Lipinski definition) is 9. The van der Waals surface area contributed by atoms with Crippen LogP contribution in [0.5, 0.6) is 0 Å². The summed E-state index contributed by atoms with van der Waals surface area (Å²) in [6.07, 6.45) is -14.7. The van der Waals surface area contributed by atoms with Gasteiger partial charge in [0.25, 0.3) is 0 Å². The van der Waals surface area contributed by atoms with E-state index >= 15 is 0 Å². The summed E-state index contributed by atoms with van der Waals surface area (Å²) in [4.78, 5) is 0. The highest BCUT2D eigenvalue weighted by Crippen LogP contribution is 2.22. The molecule has 138 valence electrons. The third-order valence-corrected chi connectivity index (χ3v) is 3.61. The lowest BCUT2D eigenvalue weighted by atomic mass is 9.99. The Bertz CT molecular complexity index is 341. The Labute approximate surface area is 131 Å². The second-order valence-electron chi connectivity index (χ2n) is 5.33. The maximum atomic E-state index is 9.70. The van der Waals surface area contributed by atoms with E-state index in [0.717, 1.165) is 0 Å². The maximum absolute atomic E-state index is 9.70. The molecule has 23 heavy (non-hydrogen) atoms. The molecule has 0 amide bonds. The van der Waals surface area contributed by atoms with Gasteiger partial charge in [-0.05, 0) is 0 Å². The molecule has 0 spiro atoms. The van der Waals surface area contributed by atoms with E-state index in [9.17, 15) is 35.7 Å². The van der Waals surface area contributed by atoms with Gasteiger partial charge in [-0.15, -0.1) is 0 Å². The minimum absolute atomic E-state index is 0.655. The summed E-state index contributed by atoms with van der Waals surface area (Å²) in [5, 5.41) is 84.4. The Kier molecular flexibility index (Phi) is 8.20. The highest BCUT2D eigenvalue weighted by Gasteiger charge is 2.44. The third-order valence-electron chi connectivity index (χ3n) is 3.61. The third kappa shape index (κ3) is 5.01. The molecular formula is C12H24O11. The van der Waals surface area contributed by atoms with Crippen LogP contribution < -0.4 is 0 Å². The van der Waals surface area contributed by atoms with Crippen LogP contribution in [-0.2, 0) is 9.47 Å². The molecule has 1 aliphatic heterocycles. The van der Waals surface area contributed by atoms with E-state index in [-0.39, 0.29) is 0 Å². The van der Waals surface area contributed by atoms with E-state index < -0.39 is 74.9 Å². The lowest BCUT2D eigenvalue weighted by molar-refractivity contribution is -0.306. The molecule has 1 aliphatic rings. The van der Waals surface area contributed by atoms with E-state index in [0.29, 0.717) is 0 Å². The van der Waals surface area contributed by atoms with Gasteiger partial charge in [0.05, 0.1) is 19.8 Å². The van der Waals surface area contributed by atoms with Crippen molar-refractivity contribution in [3.63, 3.8) is 0 Å². The molecule has 0 aliphatic carbocycles.